The highest BCUT2D eigenvalue weighted by Gasteiger charge is 2.25. The molecule has 0 heterocycles. The van der Waals surface area contributed by atoms with Crippen molar-refractivity contribution < 1.29 is 9.53 Å². The van der Waals surface area contributed by atoms with Gasteiger partial charge in [-0.2, -0.15) is 0 Å². The fourth-order valence-corrected chi connectivity index (χ4v) is 2.82. The van der Waals surface area contributed by atoms with Crippen LogP contribution in [0.4, 0.5) is 5.69 Å². The number of hydrogen-bond donors (Lipinski definition) is 2. The van der Waals surface area contributed by atoms with E-state index in [0.717, 1.165) is 42.7 Å². The second-order valence-corrected chi connectivity index (χ2v) is 6.26. The highest BCUT2D eigenvalue weighted by molar-refractivity contribution is 5.92. The molecule has 3 N–H and O–H groups in total. The number of hydrogen-bond acceptors (Lipinski definition) is 3. The maximum atomic E-state index is 12.3. The van der Waals surface area contributed by atoms with Crippen LogP contribution in [0, 0.1) is 12.8 Å². The fourth-order valence-electron chi connectivity index (χ4n) is 2.82. The molecule has 0 saturated heterocycles. The quantitative estimate of drug-likeness (QED) is 0.887. The molecule has 2 atom stereocenters. The molecule has 1 aliphatic carbocycles. The second kappa shape index (κ2) is 8.39. The van der Waals surface area contributed by atoms with Crippen molar-refractivity contribution in [1.82, 2.24) is 0 Å². The predicted octanol–water partition coefficient (Wildman–Crippen LogP) is 3.66. The Morgan fingerprint density at radius 3 is 2.68 bits per heavy atom. The number of nitrogens with one attached hydrogen (secondary N) is 1. The van der Waals surface area contributed by atoms with Crippen molar-refractivity contribution in [3.63, 3.8) is 0 Å². The van der Waals surface area contributed by atoms with Crippen LogP contribution in [-0.4, -0.2) is 18.1 Å². The largest absolute Gasteiger partial charge is 0.491 e. The summed E-state index contributed by atoms with van der Waals surface area (Å²) in [6, 6.07) is 5.93. The van der Waals surface area contributed by atoms with Crippen molar-refractivity contribution in [2.24, 2.45) is 11.7 Å². The Labute approximate surface area is 139 Å². The average Bonchev–Trinajstić information content (AvgIpc) is 2.41. The molecule has 1 fully saturated rings. The summed E-state index contributed by atoms with van der Waals surface area (Å²) in [6.07, 6.45) is 3.95. The monoisotopic (exact) mass is 326 g/mol. The molecule has 2 rings (SSSR count). The third kappa shape index (κ3) is 5.18. The summed E-state index contributed by atoms with van der Waals surface area (Å²) < 4.78 is 5.71. The van der Waals surface area contributed by atoms with Gasteiger partial charge in [-0.15, -0.1) is 12.4 Å². The van der Waals surface area contributed by atoms with Crippen LogP contribution >= 0.6 is 12.4 Å². The number of carbonyl (C=O) groups is 1. The van der Waals surface area contributed by atoms with E-state index in [-0.39, 0.29) is 36.4 Å². The maximum Gasteiger partial charge on any atom is 0.227 e. The molecule has 0 radical (unpaired) electrons. The van der Waals surface area contributed by atoms with Crippen molar-refractivity contribution in [3.8, 4) is 5.75 Å². The summed E-state index contributed by atoms with van der Waals surface area (Å²) in [5.74, 6) is 0.991. The number of aryl methyl sites for hydroxylation is 1. The zero-order valence-corrected chi connectivity index (χ0v) is 14.4. The van der Waals surface area contributed by atoms with Crippen molar-refractivity contribution in [3.05, 3.63) is 23.8 Å². The lowest BCUT2D eigenvalue weighted by Gasteiger charge is -2.25. The highest BCUT2D eigenvalue weighted by atomic mass is 35.5. The Bertz CT molecular complexity index is 505. The van der Waals surface area contributed by atoms with E-state index in [1.807, 2.05) is 39.0 Å². The first-order chi connectivity index (χ1) is 9.95. The van der Waals surface area contributed by atoms with Gasteiger partial charge in [0.1, 0.15) is 5.75 Å². The zero-order valence-electron chi connectivity index (χ0n) is 13.6. The van der Waals surface area contributed by atoms with E-state index in [1.54, 1.807) is 0 Å². The van der Waals surface area contributed by atoms with E-state index in [1.165, 1.54) is 0 Å². The number of halogens is 1. The summed E-state index contributed by atoms with van der Waals surface area (Å²) in [7, 11) is 0. The molecule has 4 nitrogen and oxygen atoms in total. The lowest BCUT2D eigenvalue weighted by atomic mass is 9.85. The summed E-state index contributed by atoms with van der Waals surface area (Å²) in [6.45, 7) is 5.99. The molecule has 0 bridgehead atoms. The van der Waals surface area contributed by atoms with E-state index in [0.29, 0.717) is 0 Å². The SMILES string of the molecule is Cc1cc(NC(=O)C2CCCC(N)C2)ccc1OC(C)C.Cl. The molecule has 2 unspecified atom stereocenters. The summed E-state index contributed by atoms with van der Waals surface area (Å²) in [4.78, 5) is 12.3. The van der Waals surface area contributed by atoms with Crippen LogP contribution in [0.3, 0.4) is 0 Å². The molecule has 1 aromatic carbocycles. The van der Waals surface area contributed by atoms with E-state index in [2.05, 4.69) is 5.32 Å². The smallest absolute Gasteiger partial charge is 0.227 e. The minimum Gasteiger partial charge on any atom is -0.491 e. The van der Waals surface area contributed by atoms with Crippen molar-refractivity contribution >= 4 is 24.0 Å². The van der Waals surface area contributed by atoms with Crippen molar-refractivity contribution in [2.75, 3.05) is 5.32 Å². The fraction of sp³-hybridized carbons (Fsp3) is 0.588. The molecule has 1 saturated carbocycles. The molecule has 5 heteroatoms. The van der Waals surface area contributed by atoms with Crippen LogP contribution in [0.5, 0.6) is 5.75 Å². The number of rotatable bonds is 4. The molecular weight excluding hydrogens is 300 g/mol. The van der Waals surface area contributed by atoms with Gasteiger partial charge >= 0.3 is 0 Å². The van der Waals surface area contributed by atoms with E-state index >= 15 is 0 Å². The number of carbonyl (C=O) groups excluding carboxylic acids is 1. The van der Waals surface area contributed by atoms with Crippen LogP contribution in [-0.2, 0) is 4.79 Å². The Kier molecular flexibility index (Phi) is 7.17. The average molecular weight is 327 g/mol. The lowest BCUT2D eigenvalue weighted by Crippen LogP contribution is -2.34. The first-order valence-electron chi connectivity index (χ1n) is 7.79. The molecule has 1 aliphatic rings. The van der Waals surface area contributed by atoms with Crippen molar-refractivity contribution in [2.45, 2.75) is 58.6 Å². The van der Waals surface area contributed by atoms with Gasteiger partial charge < -0.3 is 15.8 Å². The van der Waals surface area contributed by atoms with Gasteiger partial charge in [0.15, 0.2) is 0 Å². The third-order valence-electron chi connectivity index (χ3n) is 3.89. The summed E-state index contributed by atoms with van der Waals surface area (Å²) in [5.41, 5.74) is 7.81. The summed E-state index contributed by atoms with van der Waals surface area (Å²) in [5, 5.41) is 3.00. The number of nitrogens with two attached hydrogens (primary N) is 1. The molecule has 0 aliphatic heterocycles. The van der Waals surface area contributed by atoms with Gasteiger partial charge in [-0.1, -0.05) is 6.42 Å². The minimum absolute atomic E-state index is 0. The van der Waals surface area contributed by atoms with E-state index in [4.69, 9.17) is 10.5 Å². The van der Waals surface area contributed by atoms with E-state index < -0.39 is 0 Å². The number of anilines is 1. The Morgan fingerprint density at radius 1 is 1.36 bits per heavy atom. The zero-order chi connectivity index (χ0) is 15.4. The predicted molar refractivity (Wildman–Crippen MR) is 92.8 cm³/mol. The molecule has 124 valence electrons. The van der Waals surface area contributed by atoms with Gasteiger partial charge in [-0.05, 0) is 63.8 Å². The molecule has 0 aromatic heterocycles. The van der Waals surface area contributed by atoms with Gasteiger partial charge in [-0.25, -0.2) is 0 Å². The van der Waals surface area contributed by atoms with Crippen LogP contribution in [0.1, 0.15) is 45.1 Å². The third-order valence-corrected chi connectivity index (χ3v) is 3.89. The van der Waals surface area contributed by atoms with Crippen molar-refractivity contribution in [1.29, 1.82) is 0 Å². The van der Waals surface area contributed by atoms with Gasteiger partial charge in [0.05, 0.1) is 6.10 Å². The maximum absolute atomic E-state index is 12.3. The lowest BCUT2D eigenvalue weighted by molar-refractivity contribution is -0.120. The number of amides is 1. The molecule has 0 spiro atoms. The standard InChI is InChI=1S/C17H26N2O2.ClH/c1-11(2)21-16-8-7-15(9-12(16)3)19-17(20)13-5-4-6-14(18)10-13;/h7-9,11,13-14H,4-6,10,18H2,1-3H3,(H,19,20);1H. The van der Waals surface area contributed by atoms with Crippen LogP contribution in [0.15, 0.2) is 18.2 Å². The van der Waals surface area contributed by atoms with Gasteiger partial charge in [0, 0.05) is 17.6 Å². The Balaban J connectivity index is 0.00000242. The van der Waals surface area contributed by atoms with Gasteiger partial charge in [0.25, 0.3) is 0 Å². The van der Waals surface area contributed by atoms with Crippen LogP contribution in [0.25, 0.3) is 0 Å². The summed E-state index contributed by atoms with van der Waals surface area (Å²) >= 11 is 0. The van der Waals surface area contributed by atoms with Crippen LogP contribution in [0.2, 0.25) is 0 Å². The first-order valence-corrected chi connectivity index (χ1v) is 7.79. The molecule has 1 aromatic rings. The van der Waals surface area contributed by atoms with E-state index in [9.17, 15) is 4.79 Å². The highest BCUT2D eigenvalue weighted by Crippen LogP contribution is 2.26. The molecular formula is C17H27ClN2O2. The number of benzene rings is 1. The Morgan fingerprint density at radius 2 is 2.09 bits per heavy atom. The topological polar surface area (TPSA) is 64.4 Å². The first kappa shape index (κ1) is 18.8. The minimum atomic E-state index is 0. The molecule has 22 heavy (non-hydrogen) atoms. The van der Waals surface area contributed by atoms with Crippen LogP contribution < -0.4 is 15.8 Å². The molecule has 1 amide bonds. The Hall–Kier alpha value is -1.26. The normalized spacial score (nSPS) is 21.1. The van der Waals surface area contributed by atoms with Gasteiger partial charge in [0.2, 0.25) is 5.91 Å². The van der Waals surface area contributed by atoms with Gasteiger partial charge in [-0.3, -0.25) is 4.79 Å². The second-order valence-electron chi connectivity index (χ2n) is 6.26. The number of ether oxygens (including phenoxy) is 1.